The van der Waals surface area contributed by atoms with Crippen molar-refractivity contribution in [2.24, 2.45) is 0 Å². The highest BCUT2D eigenvalue weighted by molar-refractivity contribution is 5.37. The highest BCUT2D eigenvalue weighted by atomic mass is 15.0. The predicted octanol–water partition coefficient (Wildman–Crippen LogP) is 2.24. The number of fused-ring (bicyclic) bond motifs is 1. The maximum Gasteiger partial charge on any atom is 0.0294 e. The van der Waals surface area contributed by atoms with Crippen LogP contribution >= 0.6 is 0 Å². The second-order valence-electron chi connectivity index (χ2n) is 4.22. The van der Waals surface area contributed by atoms with E-state index < -0.39 is 0 Å². The first kappa shape index (κ1) is 8.84. The molecule has 2 aliphatic rings. The van der Waals surface area contributed by atoms with Crippen LogP contribution in [0.15, 0.2) is 11.1 Å². The van der Waals surface area contributed by atoms with Gasteiger partial charge in [-0.05, 0) is 38.2 Å². The molecule has 0 bridgehead atoms. The smallest absolute Gasteiger partial charge is 0.0294 e. The highest BCUT2D eigenvalue weighted by Gasteiger charge is 2.27. The molecule has 0 saturated heterocycles. The van der Waals surface area contributed by atoms with E-state index in [1.165, 1.54) is 36.8 Å². The highest BCUT2D eigenvalue weighted by Crippen LogP contribution is 2.31. The van der Waals surface area contributed by atoms with E-state index in [4.69, 9.17) is 6.42 Å². The number of hydrogen-bond acceptors (Lipinski definition) is 1. The third-order valence-electron chi connectivity index (χ3n) is 3.17. The number of nitrogens with one attached hydrogen (secondary N) is 1. The molecule has 0 aromatic heterocycles. The van der Waals surface area contributed by atoms with Gasteiger partial charge in [0, 0.05) is 17.7 Å². The standard InChI is InChI=1S/C12H17N/c1-3-10-8-9(2)13-12-7-5-4-6-11(10)12/h1,9,12-13H,4-8H2,2H3/t9-,12+/m1/s1. The van der Waals surface area contributed by atoms with Gasteiger partial charge in [0.15, 0.2) is 0 Å². The lowest BCUT2D eigenvalue weighted by atomic mass is 9.82. The molecule has 0 spiro atoms. The minimum atomic E-state index is 0.567. The summed E-state index contributed by atoms with van der Waals surface area (Å²) in [7, 11) is 0. The first-order valence-electron chi connectivity index (χ1n) is 5.26. The predicted molar refractivity (Wildman–Crippen MR) is 55.3 cm³/mol. The fourth-order valence-corrected chi connectivity index (χ4v) is 2.55. The quantitative estimate of drug-likeness (QED) is 0.557. The fourth-order valence-electron chi connectivity index (χ4n) is 2.55. The van der Waals surface area contributed by atoms with Crippen LogP contribution in [-0.4, -0.2) is 12.1 Å². The van der Waals surface area contributed by atoms with E-state index in [1.807, 2.05) is 0 Å². The van der Waals surface area contributed by atoms with Crippen molar-refractivity contribution >= 4 is 0 Å². The average Bonchev–Trinajstić information content (AvgIpc) is 2.16. The van der Waals surface area contributed by atoms with Gasteiger partial charge in [0.25, 0.3) is 0 Å². The van der Waals surface area contributed by atoms with Crippen LogP contribution < -0.4 is 5.32 Å². The van der Waals surface area contributed by atoms with Crippen LogP contribution in [-0.2, 0) is 0 Å². The third-order valence-corrected chi connectivity index (χ3v) is 3.17. The first-order chi connectivity index (χ1) is 6.31. The SMILES string of the molecule is C#CC1=C2CCCC[C@@H]2N[C@H](C)C1. The Hall–Kier alpha value is -0.740. The van der Waals surface area contributed by atoms with E-state index >= 15 is 0 Å². The largest absolute Gasteiger partial charge is 0.307 e. The minimum absolute atomic E-state index is 0.567. The first-order valence-corrected chi connectivity index (χ1v) is 5.26. The maximum absolute atomic E-state index is 5.54. The van der Waals surface area contributed by atoms with Gasteiger partial charge in [0.05, 0.1) is 0 Å². The van der Waals surface area contributed by atoms with Gasteiger partial charge in [-0.15, -0.1) is 6.42 Å². The lowest BCUT2D eigenvalue weighted by molar-refractivity contribution is 0.384. The molecule has 1 heteroatoms. The van der Waals surface area contributed by atoms with Gasteiger partial charge in [0.2, 0.25) is 0 Å². The Morgan fingerprint density at radius 1 is 1.46 bits per heavy atom. The number of rotatable bonds is 0. The molecule has 0 unspecified atom stereocenters. The van der Waals surface area contributed by atoms with Crippen LogP contribution in [0.25, 0.3) is 0 Å². The summed E-state index contributed by atoms with van der Waals surface area (Å²) in [6, 6.07) is 1.17. The Kier molecular flexibility index (Phi) is 2.42. The molecule has 1 heterocycles. The summed E-state index contributed by atoms with van der Waals surface area (Å²) in [5.74, 6) is 2.87. The fraction of sp³-hybridized carbons (Fsp3) is 0.667. The lowest BCUT2D eigenvalue weighted by Crippen LogP contribution is -2.43. The topological polar surface area (TPSA) is 12.0 Å². The Morgan fingerprint density at radius 2 is 2.31 bits per heavy atom. The van der Waals surface area contributed by atoms with Gasteiger partial charge in [-0.2, -0.15) is 0 Å². The molecule has 70 valence electrons. The van der Waals surface area contributed by atoms with Crippen LogP contribution in [0.3, 0.4) is 0 Å². The summed E-state index contributed by atoms with van der Waals surface area (Å²) in [5.41, 5.74) is 2.82. The monoisotopic (exact) mass is 175 g/mol. The van der Waals surface area contributed by atoms with Crippen molar-refractivity contribution in [2.75, 3.05) is 0 Å². The molecule has 2 atom stereocenters. The third kappa shape index (κ3) is 1.64. The second kappa shape index (κ2) is 3.55. The minimum Gasteiger partial charge on any atom is -0.307 e. The van der Waals surface area contributed by atoms with Crippen molar-refractivity contribution in [3.8, 4) is 12.3 Å². The van der Waals surface area contributed by atoms with Crippen LogP contribution in [0.1, 0.15) is 39.0 Å². The lowest BCUT2D eigenvalue weighted by Gasteiger charge is -2.35. The second-order valence-corrected chi connectivity index (χ2v) is 4.22. The zero-order valence-electron chi connectivity index (χ0n) is 8.27. The summed E-state index contributed by atoms with van der Waals surface area (Å²) in [5, 5.41) is 3.63. The zero-order valence-corrected chi connectivity index (χ0v) is 8.27. The summed E-state index contributed by atoms with van der Waals surface area (Å²) in [4.78, 5) is 0. The van der Waals surface area contributed by atoms with Gasteiger partial charge in [-0.3, -0.25) is 0 Å². The maximum atomic E-state index is 5.54. The van der Waals surface area contributed by atoms with Crippen LogP contribution in [0.2, 0.25) is 0 Å². The van der Waals surface area contributed by atoms with E-state index in [0.717, 1.165) is 6.42 Å². The van der Waals surface area contributed by atoms with E-state index in [9.17, 15) is 0 Å². The van der Waals surface area contributed by atoms with Gasteiger partial charge >= 0.3 is 0 Å². The Labute approximate surface area is 80.6 Å². The molecule has 1 aliphatic carbocycles. The molecule has 2 rings (SSSR count). The van der Waals surface area contributed by atoms with Crippen molar-refractivity contribution < 1.29 is 0 Å². The molecular weight excluding hydrogens is 158 g/mol. The van der Waals surface area contributed by atoms with Gasteiger partial charge in [0.1, 0.15) is 0 Å². The van der Waals surface area contributed by atoms with Crippen LogP contribution in [0.5, 0.6) is 0 Å². The Balaban J connectivity index is 2.27. The van der Waals surface area contributed by atoms with E-state index in [0.29, 0.717) is 12.1 Å². The molecule has 1 nitrogen and oxygen atoms in total. The van der Waals surface area contributed by atoms with Crippen molar-refractivity contribution in [3.05, 3.63) is 11.1 Å². The Bertz CT molecular complexity index is 269. The van der Waals surface area contributed by atoms with Gasteiger partial charge in [-0.25, -0.2) is 0 Å². The molecule has 0 aromatic rings. The molecule has 1 aliphatic heterocycles. The average molecular weight is 175 g/mol. The molecule has 0 aromatic carbocycles. The molecule has 1 saturated carbocycles. The van der Waals surface area contributed by atoms with Gasteiger partial charge < -0.3 is 5.32 Å². The molecule has 1 fully saturated rings. The van der Waals surface area contributed by atoms with Gasteiger partial charge in [-0.1, -0.05) is 12.3 Å². The Morgan fingerprint density at radius 3 is 3.08 bits per heavy atom. The van der Waals surface area contributed by atoms with Crippen LogP contribution in [0, 0.1) is 12.3 Å². The normalized spacial score (nSPS) is 33.8. The van der Waals surface area contributed by atoms with Crippen LogP contribution in [0.4, 0.5) is 0 Å². The summed E-state index contributed by atoms with van der Waals surface area (Å²) < 4.78 is 0. The van der Waals surface area contributed by atoms with Crippen molar-refractivity contribution in [1.82, 2.24) is 5.32 Å². The molecule has 1 N–H and O–H groups in total. The van der Waals surface area contributed by atoms with E-state index in [-0.39, 0.29) is 0 Å². The summed E-state index contributed by atoms with van der Waals surface area (Å²) >= 11 is 0. The van der Waals surface area contributed by atoms with Crippen molar-refractivity contribution in [2.45, 2.75) is 51.1 Å². The number of terminal acetylenes is 1. The van der Waals surface area contributed by atoms with E-state index in [2.05, 4.69) is 18.2 Å². The van der Waals surface area contributed by atoms with E-state index in [1.54, 1.807) is 0 Å². The van der Waals surface area contributed by atoms with Crippen molar-refractivity contribution in [3.63, 3.8) is 0 Å². The zero-order chi connectivity index (χ0) is 9.26. The molecule has 0 amide bonds. The summed E-state index contributed by atoms with van der Waals surface area (Å²) in [6.07, 6.45) is 11.8. The molecule has 13 heavy (non-hydrogen) atoms. The molecular formula is C12H17N. The summed E-state index contributed by atoms with van der Waals surface area (Å²) in [6.45, 7) is 2.22. The van der Waals surface area contributed by atoms with Crippen molar-refractivity contribution in [1.29, 1.82) is 0 Å². The molecule has 0 radical (unpaired) electrons. The number of hydrogen-bond donors (Lipinski definition) is 1.